The van der Waals surface area contributed by atoms with E-state index in [4.69, 9.17) is 19.7 Å². The van der Waals surface area contributed by atoms with Crippen LogP contribution in [0.5, 0.6) is 0 Å². The highest BCUT2D eigenvalue weighted by molar-refractivity contribution is 5.93. The van der Waals surface area contributed by atoms with E-state index in [1.807, 2.05) is 65.5 Å². The normalized spacial score (nSPS) is 14.2. The van der Waals surface area contributed by atoms with Crippen LogP contribution in [0.25, 0.3) is 39.6 Å². The van der Waals surface area contributed by atoms with Gasteiger partial charge in [0.2, 0.25) is 11.9 Å². The van der Waals surface area contributed by atoms with Crippen LogP contribution in [0.1, 0.15) is 0 Å². The molecule has 0 aliphatic carbocycles. The minimum atomic E-state index is 0.542. The number of rotatable bonds is 4. The number of morpholine rings is 1. The van der Waals surface area contributed by atoms with Crippen molar-refractivity contribution in [3.05, 3.63) is 73.2 Å². The van der Waals surface area contributed by atoms with Gasteiger partial charge in [-0.2, -0.15) is 15.0 Å². The molecular weight excluding hydrogens is 402 g/mol. The molecule has 0 amide bonds. The summed E-state index contributed by atoms with van der Waals surface area (Å²) in [5, 5.41) is 1.08. The summed E-state index contributed by atoms with van der Waals surface area (Å²) < 4.78 is 7.45. The molecule has 3 aromatic heterocycles. The molecule has 158 valence electrons. The quantitative estimate of drug-likeness (QED) is 0.474. The molecule has 6 rings (SSSR count). The molecule has 32 heavy (non-hydrogen) atoms. The fourth-order valence-corrected chi connectivity index (χ4v) is 4.03. The van der Waals surface area contributed by atoms with Gasteiger partial charge in [-0.25, -0.2) is 4.98 Å². The number of aromatic amines is 1. The maximum atomic E-state index is 5.53. The molecule has 1 saturated heterocycles. The largest absolute Gasteiger partial charge is 0.378 e. The first-order valence-electron chi connectivity index (χ1n) is 10.6. The van der Waals surface area contributed by atoms with Crippen molar-refractivity contribution in [2.75, 3.05) is 31.2 Å². The third-order valence-corrected chi connectivity index (χ3v) is 5.63. The molecule has 4 heterocycles. The van der Waals surface area contributed by atoms with E-state index >= 15 is 0 Å². The van der Waals surface area contributed by atoms with E-state index in [9.17, 15) is 0 Å². The summed E-state index contributed by atoms with van der Waals surface area (Å²) in [7, 11) is 0. The van der Waals surface area contributed by atoms with Crippen molar-refractivity contribution in [3.63, 3.8) is 0 Å². The number of hydrogen-bond donors (Lipinski definition) is 1. The average Bonchev–Trinajstić information content (AvgIpc) is 3.55. The van der Waals surface area contributed by atoms with Crippen LogP contribution in [0.3, 0.4) is 0 Å². The number of imidazole rings is 1. The molecule has 1 aliphatic rings. The van der Waals surface area contributed by atoms with Gasteiger partial charge in [0.1, 0.15) is 5.82 Å². The number of aromatic nitrogens is 6. The third kappa shape index (κ3) is 3.30. The zero-order valence-electron chi connectivity index (χ0n) is 17.3. The van der Waals surface area contributed by atoms with Crippen LogP contribution in [0.4, 0.5) is 5.95 Å². The maximum Gasteiger partial charge on any atom is 0.240 e. The Morgan fingerprint density at radius 1 is 0.844 bits per heavy atom. The Labute approximate surface area is 184 Å². The van der Waals surface area contributed by atoms with E-state index in [1.54, 1.807) is 6.20 Å². The lowest BCUT2D eigenvalue weighted by molar-refractivity contribution is 0.122. The first-order valence-corrected chi connectivity index (χ1v) is 10.6. The number of benzene rings is 2. The number of nitrogens with one attached hydrogen (secondary N) is 1. The molecule has 8 nitrogen and oxygen atoms in total. The fourth-order valence-electron chi connectivity index (χ4n) is 4.03. The lowest BCUT2D eigenvalue weighted by atomic mass is 10.1. The van der Waals surface area contributed by atoms with Gasteiger partial charge in [0, 0.05) is 53.7 Å². The first kappa shape index (κ1) is 18.7. The monoisotopic (exact) mass is 423 g/mol. The van der Waals surface area contributed by atoms with Crippen LogP contribution in [0.15, 0.2) is 73.2 Å². The molecule has 8 heteroatoms. The lowest BCUT2D eigenvalue weighted by Crippen LogP contribution is -2.37. The molecule has 0 saturated carbocycles. The van der Waals surface area contributed by atoms with E-state index in [0.717, 1.165) is 40.9 Å². The van der Waals surface area contributed by atoms with Crippen LogP contribution < -0.4 is 4.90 Å². The van der Waals surface area contributed by atoms with Gasteiger partial charge in [-0.05, 0) is 12.1 Å². The third-order valence-electron chi connectivity index (χ3n) is 5.63. The topological polar surface area (TPSA) is 84.8 Å². The summed E-state index contributed by atoms with van der Waals surface area (Å²) in [6.07, 6.45) is 5.59. The zero-order valence-corrected chi connectivity index (χ0v) is 17.3. The van der Waals surface area contributed by atoms with Gasteiger partial charge in [0.05, 0.1) is 13.2 Å². The van der Waals surface area contributed by atoms with Gasteiger partial charge in [0.25, 0.3) is 0 Å². The highest BCUT2D eigenvalue weighted by atomic mass is 16.5. The smallest absolute Gasteiger partial charge is 0.240 e. The van der Waals surface area contributed by atoms with E-state index in [0.29, 0.717) is 30.9 Å². The number of ether oxygens (including phenoxy) is 1. The summed E-state index contributed by atoms with van der Waals surface area (Å²) >= 11 is 0. The van der Waals surface area contributed by atoms with Crippen LogP contribution in [0.2, 0.25) is 0 Å². The highest BCUT2D eigenvalue weighted by Crippen LogP contribution is 2.28. The van der Waals surface area contributed by atoms with Crippen molar-refractivity contribution in [2.24, 2.45) is 0 Å². The predicted octanol–water partition coefficient (Wildman–Crippen LogP) is 3.71. The van der Waals surface area contributed by atoms with E-state index in [2.05, 4.69) is 20.9 Å². The Bertz CT molecular complexity index is 1370. The Morgan fingerprint density at radius 2 is 1.69 bits per heavy atom. The van der Waals surface area contributed by atoms with E-state index < -0.39 is 0 Å². The van der Waals surface area contributed by atoms with Crippen molar-refractivity contribution >= 4 is 16.9 Å². The van der Waals surface area contributed by atoms with Crippen molar-refractivity contribution < 1.29 is 4.74 Å². The molecule has 1 N–H and O–H groups in total. The SMILES string of the molecule is c1ccc(-c2nccn2-c2nc(-c3cccc4[nH]ccc34)nc(N3CCOCC3)n2)cc1. The van der Waals surface area contributed by atoms with Crippen molar-refractivity contribution in [3.8, 4) is 28.7 Å². The van der Waals surface area contributed by atoms with Crippen LogP contribution >= 0.6 is 0 Å². The highest BCUT2D eigenvalue weighted by Gasteiger charge is 2.20. The van der Waals surface area contributed by atoms with Crippen molar-refractivity contribution in [1.29, 1.82) is 0 Å². The number of nitrogens with zero attached hydrogens (tertiary/aromatic N) is 6. The predicted molar refractivity (Wildman–Crippen MR) is 123 cm³/mol. The Morgan fingerprint density at radius 3 is 2.56 bits per heavy atom. The molecule has 0 spiro atoms. The van der Waals surface area contributed by atoms with E-state index in [-0.39, 0.29) is 0 Å². The zero-order chi connectivity index (χ0) is 21.3. The number of fused-ring (bicyclic) bond motifs is 1. The Hall–Kier alpha value is -4.04. The summed E-state index contributed by atoms with van der Waals surface area (Å²) in [4.78, 5) is 24.6. The molecule has 5 aromatic rings. The maximum absolute atomic E-state index is 5.53. The summed E-state index contributed by atoms with van der Waals surface area (Å²) in [5.74, 6) is 2.61. The van der Waals surface area contributed by atoms with Crippen LogP contribution in [-0.2, 0) is 4.74 Å². The second-order valence-corrected chi connectivity index (χ2v) is 7.59. The lowest BCUT2D eigenvalue weighted by Gasteiger charge is -2.27. The fraction of sp³-hybridized carbons (Fsp3) is 0.167. The van der Waals surface area contributed by atoms with Crippen LogP contribution in [0, 0.1) is 0 Å². The van der Waals surface area contributed by atoms with Gasteiger partial charge in [-0.15, -0.1) is 0 Å². The van der Waals surface area contributed by atoms with Crippen LogP contribution in [-0.4, -0.2) is 55.8 Å². The summed E-state index contributed by atoms with van der Waals surface area (Å²) in [5.41, 5.74) is 3.01. The number of anilines is 1. The Kier molecular flexibility index (Phi) is 4.62. The second kappa shape index (κ2) is 7.90. The second-order valence-electron chi connectivity index (χ2n) is 7.59. The van der Waals surface area contributed by atoms with Crippen molar-refractivity contribution in [2.45, 2.75) is 0 Å². The standard InChI is InChI=1S/C24H21N7O/c1-2-5-17(6-3-1)22-26-11-12-31(22)24-28-21(19-7-4-8-20-18(19)9-10-25-20)27-23(29-24)30-13-15-32-16-14-30/h1-12,25H,13-16H2. The van der Waals surface area contributed by atoms with Gasteiger partial charge < -0.3 is 14.6 Å². The van der Waals surface area contributed by atoms with E-state index in [1.165, 1.54) is 0 Å². The molecule has 0 unspecified atom stereocenters. The molecule has 0 atom stereocenters. The van der Waals surface area contributed by atoms with Gasteiger partial charge in [-0.3, -0.25) is 4.57 Å². The molecule has 0 radical (unpaired) electrons. The first-order chi connectivity index (χ1) is 15.9. The molecule has 1 aliphatic heterocycles. The average molecular weight is 423 g/mol. The molecule has 0 bridgehead atoms. The number of hydrogen-bond acceptors (Lipinski definition) is 6. The minimum Gasteiger partial charge on any atom is -0.378 e. The summed E-state index contributed by atoms with van der Waals surface area (Å²) in [6.45, 7) is 2.80. The van der Waals surface area contributed by atoms with Gasteiger partial charge >= 0.3 is 0 Å². The van der Waals surface area contributed by atoms with Crippen molar-refractivity contribution in [1.82, 2.24) is 29.5 Å². The molecule has 1 fully saturated rings. The van der Waals surface area contributed by atoms with Gasteiger partial charge in [-0.1, -0.05) is 42.5 Å². The Balaban J connectivity index is 1.54. The van der Waals surface area contributed by atoms with Gasteiger partial charge in [0.15, 0.2) is 5.82 Å². The molecular formula is C24H21N7O. The molecule has 2 aromatic carbocycles. The number of H-pyrrole nitrogens is 1. The summed E-state index contributed by atoms with van der Waals surface area (Å²) in [6, 6.07) is 18.2. The minimum absolute atomic E-state index is 0.542.